The van der Waals surface area contributed by atoms with Crippen LogP contribution >= 0.6 is 23.2 Å². The molecule has 3 N–H and O–H groups in total. The van der Waals surface area contributed by atoms with Gasteiger partial charge in [0, 0.05) is 0 Å². The number of nitrogens with one attached hydrogen (secondary N) is 1. The van der Waals surface area contributed by atoms with Crippen LogP contribution in [0.4, 0.5) is 20.3 Å². The van der Waals surface area contributed by atoms with E-state index in [9.17, 15) is 13.6 Å². The summed E-state index contributed by atoms with van der Waals surface area (Å²) in [5.41, 5.74) is 5.53. The van der Waals surface area contributed by atoms with Gasteiger partial charge < -0.3 is 11.1 Å². The fourth-order valence-corrected chi connectivity index (χ4v) is 2.08. The molecule has 0 bridgehead atoms. The SMILES string of the molecule is NC(=O)c1cc(CF)c(CF)cc1Nc1nc(Cl)ncc1Cl. The quantitative estimate of drug-likeness (QED) is 0.811. The molecule has 22 heavy (non-hydrogen) atoms. The van der Waals surface area contributed by atoms with Crippen molar-refractivity contribution in [1.29, 1.82) is 0 Å². The lowest BCUT2D eigenvalue weighted by Crippen LogP contribution is -2.15. The van der Waals surface area contributed by atoms with Crippen LogP contribution in [-0.4, -0.2) is 15.9 Å². The zero-order chi connectivity index (χ0) is 16.3. The van der Waals surface area contributed by atoms with Gasteiger partial charge in [-0.1, -0.05) is 11.6 Å². The van der Waals surface area contributed by atoms with Gasteiger partial charge in [-0.05, 0) is 34.9 Å². The first kappa shape index (κ1) is 16.4. The monoisotopic (exact) mass is 346 g/mol. The van der Waals surface area contributed by atoms with E-state index in [1.165, 1.54) is 18.3 Å². The largest absolute Gasteiger partial charge is 0.366 e. The molecule has 1 aromatic heterocycles. The Bertz CT molecular complexity index is 727. The van der Waals surface area contributed by atoms with E-state index < -0.39 is 19.3 Å². The first-order valence-electron chi connectivity index (χ1n) is 5.98. The highest BCUT2D eigenvalue weighted by Crippen LogP contribution is 2.29. The van der Waals surface area contributed by atoms with Crippen molar-refractivity contribution in [2.24, 2.45) is 5.73 Å². The maximum absolute atomic E-state index is 13.0. The first-order chi connectivity index (χ1) is 10.5. The number of aromatic nitrogens is 2. The summed E-state index contributed by atoms with van der Waals surface area (Å²) in [6.45, 7) is -1.81. The Morgan fingerprint density at radius 2 is 1.86 bits per heavy atom. The Morgan fingerprint density at radius 3 is 2.45 bits per heavy atom. The molecule has 5 nitrogen and oxygen atoms in total. The Labute approximate surface area is 134 Å². The minimum Gasteiger partial charge on any atom is -0.366 e. The molecule has 0 saturated carbocycles. The van der Waals surface area contributed by atoms with Crippen molar-refractivity contribution in [3.63, 3.8) is 0 Å². The minimum atomic E-state index is -0.917. The summed E-state index contributed by atoms with van der Waals surface area (Å²) >= 11 is 11.6. The molecule has 2 rings (SSSR count). The zero-order valence-corrected chi connectivity index (χ0v) is 12.6. The maximum Gasteiger partial charge on any atom is 0.250 e. The van der Waals surface area contributed by atoms with Crippen LogP contribution in [0.2, 0.25) is 10.3 Å². The molecule has 0 aliphatic rings. The van der Waals surface area contributed by atoms with Crippen molar-refractivity contribution in [3.8, 4) is 0 Å². The summed E-state index contributed by atoms with van der Waals surface area (Å²) in [6.07, 6.45) is 1.26. The van der Waals surface area contributed by atoms with Crippen LogP contribution in [-0.2, 0) is 13.3 Å². The van der Waals surface area contributed by atoms with Crippen LogP contribution in [0, 0.1) is 0 Å². The number of halogens is 4. The highest BCUT2D eigenvalue weighted by atomic mass is 35.5. The van der Waals surface area contributed by atoms with E-state index in [1.54, 1.807) is 0 Å². The van der Waals surface area contributed by atoms with Crippen LogP contribution in [0.15, 0.2) is 18.3 Å². The van der Waals surface area contributed by atoms with E-state index in [0.29, 0.717) is 0 Å². The summed E-state index contributed by atoms with van der Waals surface area (Å²) in [5.74, 6) is -0.694. The predicted octanol–water partition coefficient (Wildman–Crippen LogP) is 3.56. The van der Waals surface area contributed by atoms with Crippen LogP contribution in [0.3, 0.4) is 0 Å². The molecule has 0 atom stereocenters. The third-order valence-corrected chi connectivity index (χ3v) is 3.32. The Kier molecular flexibility index (Phi) is 5.10. The number of nitrogens with two attached hydrogens (primary N) is 1. The van der Waals surface area contributed by atoms with Gasteiger partial charge in [0.25, 0.3) is 5.91 Å². The van der Waals surface area contributed by atoms with Crippen molar-refractivity contribution >= 4 is 40.6 Å². The summed E-state index contributed by atoms with van der Waals surface area (Å²) in [7, 11) is 0. The number of anilines is 2. The van der Waals surface area contributed by atoms with Gasteiger partial charge >= 0.3 is 0 Å². The number of hydrogen-bond donors (Lipinski definition) is 2. The molecule has 0 aliphatic carbocycles. The second-order valence-corrected chi connectivity index (χ2v) is 5.00. The van der Waals surface area contributed by atoms with Gasteiger partial charge in [-0.3, -0.25) is 4.79 Å². The Morgan fingerprint density at radius 1 is 1.23 bits per heavy atom. The van der Waals surface area contributed by atoms with Crippen LogP contribution in [0.25, 0.3) is 0 Å². The lowest BCUT2D eigenvalue weighted by molar-refractivity contribution is 0.100. The molecule has 1 amide bonds. The van der Waals surface area contributed by atoms with Crippen molar-refractivity contribution in [2.45, 2.75) is 13.3 Å². The number of primary amides is 1. The third-order valence-electron chi connectivity index (χ3n) is 2.86. The normalized spacial score (nSPS) is 10.5. The van der Waals surface area contributed by atoms with E-state index in [-0.39, 0.29) is 38.5 Å². The molecular weight excluding hydrogens is 337 g/mol. The second kappa shape index (κ2) is 6.85. The Balaban J connectivity index is 2.53. The molecule has 9 heteroatoms. The number of benzene rings is 1. The van der Waals surface area contributed by atoms with Crippen molar-refractivity contribution in [1.82, 2.24) is 9.97 Å². The van der Waals surface area contributed by atoms with Crippen LogP contribution in [0.5, 0.6) is 0 Å². The first-order valence-corrected chi connectivity index (χ1v) is 6.74. The minimum absolute atomic E-state index is 0.0179. The van der Waals surface area contributed by atoms with E-state index in [4.69, 9.17) is 28.9 Å². The number of alkyl halides is 2. The molecule has 1 aromatic carbocycles. The molecule has 2 aromatic rings. The van der Waals surface area contributed by atoms with Gasteiger partial charge in [0.2, 0.25) is 5.28 Å². The lowest BCUT2D eigenvalue weighted by Gasteiger charge is -2.14. The zero-order valence-electron chi connectivity index (χ0n) is 11.0. The average molecular weight is 347 g/mol. The molecule has 0 fully saturated rings. The number of hydrogen-bond acceptors (Lipinski definition) is 4. The number of rotatable bonds is 5. The van der Waals surface area contributed by atoms with Gasteiger partial charge in [0.05, 0.1) is 17.4 Å². The average Bonchev–Trinajstić information content (AvgIpc) is 2.50. The number of carbonyl (C=O) groups excluding carboxylic acids is 1. The highest BCUT2D eigenvalue weighted by Gasteiger charge is 2.16. The summed E-state index contributed by atoms with van der Waals surface area (Å²) < 4.78 is 25.9. The van der Waals surface area contributed by atoms with E-state index in [0.717, 1.165) is 0 Å². The third kappa shape index (κ3) is 3.42. The van der Waals surface area contributed by atoms with E-state index in [2.05, 4.69) is 15.3 Å². The lowest BCUT2D eigenvalue weighted by atomic mass is 10.0. The highest BCUT2D eigenvalue weighted by molar-refractivity contribution is 6.33. The van der Waals surface area contributed by atoms with Gasteiger partial charge in [0.15, 0.2) is 5.82 Å². The van der Waals surface area contributed by atoms with Gasteiger partial charge in [-0.25, -0.2) is 13.8 Å². The molecule has 116 valence electrons. The maximum atomic E-state index is 13.0. The molecule has 1 heterocycles. The predicted molar refractivity (Wildman–Crippen MR) is 79.9 cm³/mol. The summed E-state index contributed by atoms with van der Waals surface area (Å²) in [6, 6.07) is 2.47. The summed E-state index contributed by atoms with van der Waals surface area (Å²) in [4.78, 5) is 19.0. The van der Waals surface area contributed by atoms with Gasteiger partial charge in [0.1, 0.15) is 18.4 Å². The van der Waals surface area contributed by atoms with Gasteiger partial charge in [-0.15, -0.1) is 0 Å². The van der Waals surface area contributed by atoms with Crippen molar-refractivity contribution in [2.75, 3.05) is 5.32 Å². The second-order valence-electron chi connectivity index (χ2n) is 4.26. The fraction of sp³-hybridized carbons (Fsp3) is 0.154. The molecular formula is C13H10Cl2F2N4O. The smallest absolute Gasteiger partial charge is 0.250 e. The topological polar surface area (TPSA) is 80.9 Å². The van der Waals surface area contributed by atoms with Crippen molar-refractivity contribution < 1.29 is 13.6 Å². The molecule has 0 aliphatic heterocycles. The molecule has 0 unspecified atom stereocenters. The number of carbonyl (C=O) groups is 1. The molecule has 0 radical (unpaired) electrons. The fourth-order valence-electron chi connectivity index (χ4n) is 1.81. The van der Waals surface area contributed by atoms with Crippen molar-refractivity contribution in [3.05, 3.63) is 45.3 Å². The number of amides is 1. The molecule has 0 saturated heterocycles. The van der Waals surface area contributed by atoms with Crippen LogP contribution < -0.4 is 11.1 Å². The summed E-state index contributed by atoms with van der Waals surface area (Å²) in [5, 5.41) is 2.80. The number of nitrogens with zero attached hydrogens (tertiary/aromatic N) is 2. The molecule has 0 spiro atoms. The van der Waals surface area contributed by atoms with E-state index in [1.807, 2.05) is 0 Å². The van der Waals surface area contributed by atoms with Gasteiger partial charge in [-0.2, -0.15) is 4.98 Å². The van der Waals surface area contributed by atoms with Crippen LogP contribution in [0.1, 0.15) is 21.5 Å². The Hall–Kier alpha value is -1.99. The van der Waals surface area contributed by atoms with E-state index >= 15 is 0 Å². The standard InChI is InChI=1S/C13H10Cl2F2N4O/c14-9-5-19-13(15)21-12(9)20-10-2-7(4-17)6(3-16)1-8(10)11(18)22/h1-2,5H,3-4H2,(H2,18,22)(H,19,20,21).